The van der Waals surface area contributed by atoms with Crippen LogP contribution in [0.2, 0.25) is 0 Å². The third kappa shape index (κ3) is 0.698. The Morgan fingerprint density at radius 1 is 1.60 bits per heavy atom. The van der Waals surface area contributed by atoms with Crippen LogP contribution in [0.15, 0.2) is 41.2 Å². The molecule has 0 nitrogen and oxygen atoms in total. The Labute approximate surface area is 61.3 Å². The van der Waals surface area contributed by atoms with E-state index in [4.69, 9.17) is 0 Å². The van der Waals surface area contributed by atoms with Crippen LogP contribution < -0.4 is 0 Å². The number of hydrogen-bond donors (Lipinski definition) is 0. The Kier molecular flexibility index (Phi) is 1.15. The number of hydrogen-bond acceptors (Lipinski definition) is 0. The number of rotatable bonds is 0. The first-order valence-corrected chi connectivity index (χ1v) is 3.68. The largest absolute Gasteiger partial charge is 0.121 e. The highest BCUT2D eigenvalue weighted by atomic mass is 14.2. The van der Waals surface area contributed by atoms with Crippen molar-refractivity contribution in [2.24, 2.45) is 5.92 Å². The molecule has 0 saturated heterocycles. The molecule has 0 fully saturated rings. The molecule has 0 bridgehead atoms. The van der Waals surface area contributed by atoms with Crippen molar-refractivity contribution >= 4 is 0 Å². The van der Waals surface area contributed by atoms with Crippen molar-refractivity contribution in [2.75, 3.05) is 0 Å². The van der Waals surface area contributed by atoms with Crippen molar-refractivity contribution in [1.29, 1.82) is 0 Å². The Morgan fingerprint density at radius 3 is 3.30 bits per heavy atom. The second-order valence-electron chi connectivity index (χ2n) is 2.79. The van der Waals surface area contributed by atoms with Gasteiger partial charge in [-0.2, -0.15) is 0 Å². The van der Waals surface area contributed by atoms with Gasteiger partial charge in [-0.25, -0.2) is 0 Å². The van der Waals surface area contributed by atoms with Gasteiger partial charge < -0.3 is 0 Å². The van der Waals surface area contributed by atoms with Crippen LogP contribution in [0.25, 0.3) is 0 Å². The van der Waals surface area contributed by atoms with Crippen LogP contribution in [0.1, 0.15) is 13.3 Å². The van der Waals surface area contributed by atoms with Crippen LogP contribution in [0.3, 0.4) is 0 Å². The molecule has 0 radical (unpaired) electrons. The summed E-state index contributed by atoms with van der Waals surface area (Å²) in [4.78, 5) is 0. The summed E-state index contributed by atoms with van der Waals surface area (Å²) in [6.45, 7) is 2.13. The third-order valence-electron chi connectivity index (χ3n) is 2.09. The second-order valence-corrected chi connectivity index (χ2v) is 2.79. The highest BCUT2D eigenvalue weighted by Crippen LogP contribution is 2.29. The van der Waals surface area contributed by atoms with Crippen molar-refractivity contribution in [2.45, 2.75) is 13.3 Å². The summed E-state index contributed by atoms with van der Waals surface area (Å²) in [5.41, 5.74) is 6.01. The van der Waals surface area contributed by atoms with E-state index in [9.17, 15) is 0 Å². The summed E-state index contributed by atoms with van der Waals surface area (Å²) >= 11 is 0. The zero-order valence-corrected chi connectivity index (χ0v) is 6.09. The SMILES string of the molecule is CC1=C=CC2C=CCC=C12. The lowest BCUT2D eigenvalue weighted by Crippen LogP contribution is -1.97. The molecule has 50 valence electrons. The molecule has 0 saturated carbocycles. The topological polar surface area (TPSA) is 0 Å². The fraction of sp³-hybridized carbons (Fsp3) is 0.300. The Morgan fingerprint density at radius 2 is 2.50 bits per heavy atom. The van der Waals surface area contributed by atoms with Gasteiger partial charge in [0.15, 0.2) is 0 Å². The van der Waals surface area contributed by atoms with E-state index in [2.05, 4.69) is 37.0 Å². The van der Waals surface area contributed by atoms with Gasteiger partial charge in [0.25, 0.3) is 0 Å². The molecular formula is C10H10. The Bertz CT molecular complexity index is 270. The van der Waals surface area contributed by atoms with E-state index < -0.39 is 0 Å². The lowest BCUT2D eigenvalue weighted by Gasteiger charge is -2.10. The molecule has 10 heavy (non-hydrogen) atoms. The smallest absolute Gasteiger partial charge is 0.0280 e. The van der Waals surface area contributed by atoms with E-state index in [1.165, 1.54) is 11.1 Å². The predicted octanol–water partition coefficient (Wildman–Crippen LogP) is 2.60. The molecule has 1 atom stereocenters. The van der Waals surface area contributed by atoms with Crippen LogP contribution in [-0.2, 0) is 0 Å². The third-order valence-corrected chi connectivity index (χ3v) is 2.09. The first-order chi connectivity index (χ1) is 4.88. The van der Waals surface area contributed by atoms with Crippen molar-refractivity contribution in [3.63, 3.8) is 0 Å². The Hall–Kier alpha value is -1.00. The normalized spacial score (nSPS) is 27.9. The molecule has 1 unspecified atom stereocenters. The predicted molar refractivity (Wildman–Crippen MR) is 42.6 cm³/mol. The summed E-state index contributed by atoms with van der Waals surface area (Å²) in [7, 11) is 0. The molecule has 0 aromatic heterocycles. The molecule has 0 heteroatoms. The van der Waals surface area contributed by atoms with Crippen molar-refractivity contribution in [1.82, 2.24) is 0 Å². The fourth-order valence-corrected chi connectivity index (χ4v) is 1.51. The molecule has 0 spiro atoms. The van der Waals surface area contributed by atoms with Gasteiger partial charge in [-0.1, -0.05) is 18.2 Å². The van der Waals surface area contributed by atoms with Gasteiger partial charge in [-0.3, -0.25) is 0 Å². The van der Waals surface area contributed by atoms with E-state index in [-0.39, 0.29) is 0 Å². The lowest BCUT2D eigenvalue weighted by atomic mass is 9.93. The van der Waals surface area contributed by atoms with E-state index in [1.807, 2.05) is 0 Å². The molecule has 0 heterocycles. The number of fused-ring (bicyclic) bond motifs is 1. The average Bonchev–Trinajstić information content (AvgIpc) is 2.34. The standard InChI is InChI=1S/C10H10/c1-8-6-7-9-4-2-3-5-10(8)9/h2,4-5,7,9H,3H2,1H3. The highest BCUT2D eigenvalue weighted by molar-refractivity contribution is 5.43. The van der Waals surface area contributed by atoms with Crippen molar-refractivity contribution in [3.8, 4) is 0 Å². The van der Waals surface area contributed by atoms with E-state index in [0.29, 0.717) is 5.92 Å². The molecule has 2 rings (SSSR count). The lowest BCUT2D eigenvalue weighted by molar-refractivity contribution is 0.963. The summed E-state index contributed by atoms with van der Waals surface area (Å²) in [6.07, 6.45) is 9.98. The minimum Gasteiger partial charge on any atom is -0.121 e. The maximum atomic E-state index is 3.23. The molecule has 0 amide bonds. The van der Waals surface area contributed by atoms with Gasteiger partial charge in [0.1, 0.15) is 0 Å². The molecular weight excluding hydrogens is 120 g/mol. The van der Waals surface area contributed by atoms with Crippen molar-refractivity contribution < 1.29 is 0 Å². The van der Waals surface area contributed by atoms with Crippen LogP contribution in [-0.4, -0.2) is 0 Å². The molecule has 2 aliphatic carbocycles. The quantitative estimate of drug-likeness (QED) is 0.349. The van der Waals surface area contributed by atoms with Crippen LogP contribution >= 0.6 is 0 Å². The molecule has 0 aliphatic heterocycles. The van der Waals surface area contributed by atoms with E-state index in [0.717, 1.165) is 6.42 Å². The monoisotopic (exact) mass is 130 g/mol. The number of allylic oxidation sites excluding steroid dienone is 5. The molecule has 0 aromatic rings. The van der Waals surface area contributed by atoms with Crippen LogP contribution in [0.4, 0.5) is 0 Å². The van der Waals surface area contributed by atoms with Crippen LogP contribution in [0, 0.1) is 5.92 Å². The minimum absolute atomic E-state index is 0.550. The summed E-state index contributed by atoms with van der Waals surface area (Å²) in [5.74, 6) is 0.550. The molecule has 2 aliphatic rings. The minimum atomic E-state index is 0.550. The molecule has 0 N–H and O–H groups in total. The van der Waals surface area contributed by atoms with Gasteiger partial charge in [0.05, 0.1) is 0 Å². The summed E-state index contributed by atoms with van der Waals surface area (Å²) in [5, 5.41) is 0. The average molecular weight is 130 g/mol. The fourth-order valence-electron chi connectivity index (χ4n) is 1.51. The zero-order chi connectivity index (χ0) is 6.97. The van der Waals surface area contributed by atoms with Gasteiger partial charge in [0, 0.05) is 5.92 Å². The zero-order valence-electron chi connectivity index (χ0n) is 6.09. The van der Waals surface area contributed by atoms with E-state index >= 15 is 0 Å². The Balaban J connectivity index is 2.40. The van der Waals surface area contributed by atoms with Gasteiger partial charge in [-0.15, -0.1) is 5.73 Å². The maximum Gasteiger partial charge on any atom is 0.0280 e. The van der Waals surface area contributed by atoms with Crippen molar-refractivity contribution in [3.05, 3.63) is 41.2 Å². The van der Waals surface area contributed by atoms with Gasteiger partial charge in [0.2, 0.25) is 0 Å². The summed E-state index contributed by atoms with van der Waals surface area (Å²) in [6, 6.07) is 0. The van der Waals surface area contributed by atoms with Gasteiger partial charge >= 0.3 is 0 Å². The second kappa shape index (κ2) is 2.00. The van der Waals surface area contributed by atoms with E-state index in [1.54, 1.807) is 0 Å². The first kappa shape index (κ1) is 5.76. The molecule has 0 aromatic carbocycles. The summed E-state index contributed by atoms with van der Waals surface area (Å²) < 4.78 is 0. The van der Waals surface area contributed by atoms with Crippen LogP contribution in [0.5, 0.6) is 0 Å². The highest BCUT2D eigenvalue weighted by Gasteiger charge is 2.15. The van der Waals surface area contributed by atoms with Gasteiger partial charge in [-0.05, 0) is 30.6 Å². The maximum absolute atomic E-state index is 3.23. The first-order valence-electron chi connectivity index (χ1n) is 3.68.